The summed E-state index contributed by atoms with van der Waals surface area (Å²) in [4.78, 5) is 47.2. The van der Waals surface area contributed by atoms with Gasteiger partial charge < -0.3 is 34.0 Å². The van der Waals surface area contributed by atoms with Crippen LogP contribution in [0.2, 0.25) is 18.6 Å². The molecule has 0 aromatic heterocycles. The number of carbonyl (C=O) groups is 3. The summed E-state index contributed by atoms with van der Waals surface area (Å²) in [5.74, 6) is 0.806. The van der Waals surface area contributed by atoms with Crippen LogP contribution in [0.3, 0.4) is 0 Å². The van der Waals surface area contributed by atoms with Crippen molar-refractivity contribution in [2.24, 2.45) is 5.92 Å². The molecule has 3 aliphatic heterocycles. The van der Waals surface area contributed by atoms with E-state index in [9.17, 15) is 14.7 Å². The molecule has 11 heteroatoms. The molecule has 282 valence electrons. The molecule has 0 saturated carbocycles. The second-order valence-corrected chi connectivity index (χ2v) is 19.8. The van der Waals surface area contributed by atoms with Gasteiger partial charge in [-0.2, -0.15) is 0 Å². The van der Waals surface area contributed by atoms with E-state index in [1.54, 1.807) is 28.9 Å². The van der Waals surface area contributed by atoms with E-state index in [1.165, 1.54) is 5.19 Å². The zero-order valence-corrected chi connectivity index (χ0v) is 32.7. The van der Waals surface area contributed by atoms with Crippen LogP contribution in [0, 0.1) is 5.92 Å². The number of nitrogens with zero attached hydrogens (tertiary/aromatic N) is 3. The van der Waals surface area contributed by atoms with Crippen molar-refractivity contribution in [1.82, 2.24) is 4.90 Å². The van der Waals surface area contributed by atoms with Gasteiger partial charge in [0.1, 0.15) is 11.5 Å². The van der Waals surface area contributed by atoms with Gasteiger partial charge in [-0.3, -0.25) is 14.4 Å². The van der Waals surface area contributed by atoms with Crippen molar-refractivity contribution in [3.8, 4) is 11.5 Å². The Bertz CT molecular complexity index is 2020. The summed E-state index contributed by atoms with van der Waals surface area (Å²) >= 11 is 0. The first-order chi connectivity index (χ1) is 26.0. The highest BCUT2D eigenvalue weighted by Crippen LogP contribution is 2.60. The molecule has 0 unspecified atom stereocenters. The Labute approximate surface area is 318 Å². The molecule has 2 fully saturated rings. The molecule has 54 heavy (non-hydrogen) atoms. The monoisotopic (exact) mass is 747 g/mol. The Morgan fingerprint density at radius 1 is 0.926 bits per heavy atom. The zero-order chi connectivity index (χ0) is 38.2. The Morgan fingerprint density at radius 2 is 1.63 bits per heavy atom. The Kier molecular flexibility index (Phi) is 10.4. The predicted octanol–water partition coefficient (Wildman–Crippen LogP) is 5.61. The van der Waals surface area contributed by atoms with Gasteiger partial charge in [-0.25, -0.2) is 0 Å². The third kappa shape index (κ3) is 6.58. The standard InChI is InChI=1S/C43H49N3O7Si/c1-29-41(54(4,5)35-17-14-33(51-2)15-18-35)38(26-40(49)44(22-23-47)27-30-10-7-6-8-11-30)53-43(29)36-25-34(52-3)16-19-37(36)46(42(43)50)28-31-12-9-13-32(24-31)45-21-20-39(45)48/h6-19,24-25,29,38,41,47H,20-23,26-28H2,1-5H3/t29-,38+,41-,43+/m0/s1. The van der Waals surface area contributed by atoms with E-state index in [-0.39, 0.29) is 55.3 Å². The van der Waals surface area contributed by atoms with E-state index in [2.05, 4.69) is 32.2 Å². The number of amides is 3. The van der Waals surface area contributed by atoms with E-state index < -0.39 is 19.8 Å². The number of β-lactam (4-membered cyclic amide) rings is 1. The molecule has 4 aromatic carbocycles. The molecular formula is C43H49N3O7Si. The maximum atomic E-state index is 15.3. The summed E-state index contributed by atoms with van der Waals surface area (Å²) < 4.78 is 18.5. The summed E-state index contributed by atoms with van der Waals surface area (Å²) in [6.07, 6.45) is -0.0152. The molecule has 7 rings (SSSR count). The maximum Gasteiger partial charge on any atom is 0.264 e. The van der Waals surface area contributed by atoms with Gasteiger partial charge in [0.2, 0.25) is 11.8 Å². The van der Waals surface area contributed by atoms with Crippen molar-refractivity contribution >= 4 is 42.4 Å². The first kappa shape index (κ1) is 37.3. The van der Waals surface area contributed by atoms with E-state index in [0.29, 0.717) is 25.3 Å². The Hall–Kier alpha value is -4.97. The van der Waals surface area contributed by atoms with E-state index in [0.717, 1.165) is 33.8 Å². The molecule has 0 bridgehead atoms. The summed E-state index contributed by atoms with van der Waals surface area (Å²) in [6, 6.07) is 31.4. The lowest BCUT2D eigenvalue weighted by molar-refractivity contribution is -0.150. The molecule has 3 heterocycles. The fourth-order valence-corrected chi connectivity index (χ4v) is 12.9. The highest BCUT2D eigenvalue weighted by atomic mass is 28.3. The van der Waals surface area contributed by atoms with E-state index in [4.69, 9.17) is 14.2 Å². The highest BCUT2D eigenvalue weighted by molar-refractivity contribution is 6.91. The number of aliphatic hydroxyl groups excluding tert-OH is 1. The number of carbonyl (C=O) groups excluding carboxylic acids is 3. The van der Waals surface area contributed by atoms with Crippen molar-refractivity contribution in [1.29, 1.82) is 0 Å². The number of hydrogen-bond donors (Lipinski definition) is 1. The summed E-state index contributed by atoms with van der Waals surface area (Å²) in [6.45, 7) is 8.00. The SMILES string of the molecule is COc1ccc([Si](C)(C)[C@@H]2[C@@H](CC(=O)N(CCO)Cc3ccccc3)O[C@]3(C(=O)N(Cc4cccc(N5CCC5=O)c4)c4ccc(OC)cc43)[C@H]2C)cc1. The van der Waals surface area contributed by atoms with Crippen molar-refractivity contribution < 1.29 is 33.7 Å². The average Bonchev–Trinajstić information content (AvgIpc) is 3.60. The second kappa shape index (κ2) is 15.0. The summed E-state index contributed by atoms with van der Waals surface area (Å²) in [7, 11) is 0.725. The number of hydrogen-bond acceptors (Lipinski definition) is 7. The number of fused-ring (bicyclic) bond motifs is 2. The highest BCUT2D eigenvalue weighted by Gasteiger charge is 2.66. The average molecular weight is 748 g/mol. The molecule has 0 aliphatic carbocycles. The predicted molar refractivity (Wildman–Crippen MR) is 211 cm³/mol. The maximum absolute atomic E-state index is 15.3. The third-order valence-corrected chi connectivity index (χ3v) is 16.1. The van der Waals surface area contributed by atoms with Crippen LogP contribution in [0.5, 0.6) is 11.5 Å². The number of methoxy groups -OCH3 is 2. The van der Waals surface area contributed by atoms with Crippen LogP contribution in [0.4, 0.5) is 11.4 Å². The zero-order valence-electron chi connectivity index (χ0n) is 31.7. The van der Waals surface area contributed by atoms with Crippen LogP contribution in [0.15, 0.2) is 97.1 Å². The van der Waals surface area contributed by atoms with Gasteiger partial charge >= 0.3 is 0 Å². The Morgan fingerprint density at radius 3 is 2.28 bits per heavy atom. The van der Waals surface area contributed by atoms with Crippen LogP contribution in [-0.4, -0.2) is 75.8 Å². The quantitative estimate of drug-likeness (QED) is 0.140. The van der Waals surface area contributed by atoms with Gasteiger partial charge in [0.25, 0.3) is 5.91 Å². The molecule has 3 aliphatic rings. The number of anilines is 2. The van der Waals surface area contributed by atoms with Crippen molar-refractivity contribution in [2.75, 3.05) is 43.7 Å². The molecule has 0 radical (unpaired) electrons. The smallest absolute Gasteiger partial charge is 0.264 e. The molecule has 2 saturated heterocycles. The fraction of sp³-hybridized carbons (Fsp3) is 0.372. The van der Waals surface area contributed by atoms with Crippen LogP contribution in [0.1, 0.15) is 36.5 Å². The molecule has 4 atom stereocenters. The first-order valence-electron chi connectivity index (χ1n) is 18.7. The van der Waals surface area contributed by atoms with Crippen molar-refractivity contribution in [3.63, 3.8) is 0 Å². The molecular weight excluding hydrogens is 699 g/mol. The number of benzene rings is 4. The van der Waals surface area contributed by atoms with Crippen molar-refractivity contribution in [3.05, 3.63) is 114 Å². The van der Waals surface area contributed by atoms with Crippen LogP contribution in [-0.2, 0) is 37.8 Å². The minimum absolute atomic E-state index is 0.0503. The fourth-order valence-electron chi connectivity index (χ4n) is 8.89. The lowest BCUT2D eigenvalue weighted by Crippen LogP contribution is -2.52. The Balaban J connectivity index is 1.29. The van der Waals surface area contributed by atoms with E-state index >= 15 is 4.79 Å². The number of ether oxygens (including phenoxy) is 3. The van der Waals surface area contributed by atoms with Crippen LogP contribution in [0.25, 0.3) is 0 Å². The molecule has 4 aromatic rings. The lowest BCUT2D eigenvalue weighted by atomic mass is 9.82. The second-order valence-electron chi connectivity index (χ2n) is 15.1. The number of aliphatic hydroxyl groups is 1. The van der Waals surface area contributed by atoms with Gasteiger partial charge in [-0.05, 0) is 59.1 Å². The largest absolute Gasteiger partial charge is 0.497 e. The molecule has 1 spiro atoms. The minimum atomic E-state index is -2.53. The normalized spacial score (nSPS) is 22.0. The van der Waals surface area contributed by atoms with Crippen LogP contribution >= 0.6 is 0 Å². The van der Waals surface area contributed by atoms with Crippen LogP contribution < -0.4 is 24.5 Å². The minimum Gasteiger partial charge on any atom is -0.497 e. The van der Waals surface area contributed by atoms with Gasteiger partial charge in [-0.15, -0.1) is 0 Å². The molecule has 1 N–H and O–H groups in total. The van der Waals surface area contributed by atoms with Gasteiger partial charge in [-0.1, -0.05) is 79.8 Å². The first-order valence-corrected chi connectivity index (χ1v) is 21.7. The number of rotatable bonds is 13. The summed E-state index contributed by atoms with van der Waals surface area (Å²) in [5.41, 5.74) is 2.59. The molecule has 3 amide bonds. The van der Waals surface area contributed by atoms with E-state index in [1.807, 2.05) is 84.9 Å². The molecule has 10 nitrogen and oxygen atoms in total. The van der Waals surface area contributed by atoms with Crippen molar-refractivity contribution in [2.45, 2.75) is 63.2 Å². The topological polar surface area (TPSA) is 109 Å². The van der Waals surface area contributed by atoms with Gasteiger partial charge in [0.05, 0.1) is 53.7 Å². The lowest BCUT2D eigenvalue weighted by Gasteiger charge is -2.37. The van der Waals surface area contributed by atoms with Gasteiger partial charge in [0, 0.05) is 43.2 Å². The van der Waals surface area contributed by atoms with Gasteiger partial charge in [0.15, 0.2) is 5.60 Å². The third-order valence-electron chi connectivity index (χ3n) is 11.8. The summed E-state index contributed by atoms with van der Waals surface area (Å²) in [5, 5.41) is 11.2.